The second-order valence-corrected chi connectivity index (χ2v) is 6.56. The number of hydrogen-bond donors (Lipinski definition) is 1. The molecular weight excluding hydrogens is 366 g/mol. The topological polar surface area (TPSA) is 79.0 Å². The molecule has 1 aromatic heterocycles. The number of ether oxygens (including phenoxy) is 2. The molecule has 6 heteroatoms. The maximum Gasteiger partial charge on any atom is 0.170 e. The summed E-state index contributed by atoms with van der Waals surface area (Å²) < 4.78 is 11.6. The van der Waals surface area contributed by atoms with Gasteiger partial charge in [-0.15, -0.1) is 0 Å². The molecule has 150 valence electrons. The molecular formula is C23H25N3O3. The van der Waals surface area contributed by atoms with Crippen LogP contribution in [-0.2, 0) is 11.4 Å². The summed E-state index contributed by atoms with van der Waals surface area (Å²) in [4.78, 5) is 9.38. The molecule has 0 unspecified atom stereocenters. The van der Waals surface area contributed by atoms with Gasteiger partial charge in [0.05, 0.1) is 0 Å². The highest BCUT2D eigenvalue weighted by Gasteiger charge is 2.04. The molecule has 0 atom stereocenters. The van der Waals surface area contributed by atoms with Crippen LogP contribution in [0.5, 0.6) is 11.5 Å². The maximum atomic E-state index is 6.03. The minimum absolute atomic E-state index is 0.281. The third kappa shape index (κ3) is 5.97. The average molecular weight is 391 g/mol. The second kappa shape index (κ2) is 10.1. The van der Waals surface area contributed by atoms with Crippen LogP contribution in [-0.4, -0.2) is 24.0 Å². The third-order valence-electron chi connectivity index (χ3n) is 4.25. The van der Waals surface area contributed by atoms with Crippen molar-refractivity contribution in [2.24, 2.45) is 10.9 Å². The second-order valence-electron chi connectivity index (χ2n) is 6.56. The van der Waals surface area contributed by atoms with Gasteiger partial charge in [-0.2, -0.15) is 0 Å². The smallest absolute Gasteiger partial charge is 0.170 e. The molecule has 2 N–H and O–H groups in total. The van der Waals surface area contributed by atoms with Crippen molar-refractivity contribution in [3.63, 3.8) is 0 Å². The predicted molar refractivity (Wildman–Crippen MR) is 113 cm³/mol. The van der Waals surface area contributed by atoms with Crippen LogP contribution in [0.25, 0.3) is 0 Å². The van der Waals surface area contributed by atoms with E-state index in [2.05, 4.69) is 10.1 Å². The van der Waals surface area contributed by atoms with E-state index in [-0.39, 0.29) is 5.84 Å². The first kappa shape index (κ1) is 20.2. The molecule has 3 aromatic rings. The van der Waals surface area contributed by atoms with Gasteiger partial charge in [-0.25, -0.2) is 0 Å². The summed E-state index contributed by atoms with van der Waals surface area (Å²) in [5, 5.41) is 3.98. The molecule has 2 aromatic carbocycles. The monoisotopic (exact) mass is 391 g/mol. The summed E-state index contributed by atoms with van der Waals surface area (Å²) in [6.07, 6.45) is 3.50. The van der Waals surface area contributed by atoms with Gasteiger partial charge in [0.15, 0.2) is 12.4 Å². The van der Waals surface area contributed by atoms with E-state index < -0.39 is 0 Å². The number of rotatable bonds is 9. The van der Waals surface area contributed by atoms with Gasteiger partial charge in [-0.3, -0.25) is 4.98 Å². The Morgan fingerprint density at radius 2 is 1.76 bits per heavy atom. The Bertz CT molecular complexity index is 938. The molecule has 0 aliphatic carbocycles. The summed E-state index contributed by atoms with van der Waals surface area (Å²) in [5.41, 5.74) is 9.94. The number of nitrogens with two attached hydrogens (primary N) is 1. The van der Waals surface area contributed by atoms with Gasteiger partial charge < -0.3 is 20.0 Å². The fraction of sp³-hybridized carbons (Fsp3) is 0.217. The molecule has 0 aliphatic rings. The fourth-order valence-corrected chi connectivity index (χ4v) is 2.77. The van der Waals surface area contributed by atoms with Crippen molar-refractivity contribution >= 4 is 5.84 Å². The van der Waals surface area contributed by atoms with Crippen LogP contribution in [0.4, 0.5) is 0 Å². The summed E-state index contributed by atoms with van der Waals surface area (Å²) in [7, 11) is 0. The van der Waals surface area contributed by atoms with Crippen molar-refractivity contribution in [1.82, 2.24) is 4.98 Å². The Morgan fingerprint density at radius 1 is 0.966 bits per heavy atom. The van der Waals surface area contributed by atoms with Gasteiger partial charge in [0.1, 0.15) is 24.7 Å². The molecule has 0 amide bonds. The van der Waals surface area contributed by atoms with Crippen molar-refractivity contribution in [1.29, 1.82) is 0 Å². The quantitative estimate of drug-likeness (QED) is 0.258. The van der Waals surface area contributed by atoms with E-state index in [1.807, 2.05) is 68.4 Å². The van der Waals surface area contributed by atoms with Gasteiger partial charge in [0.2, 0.25) is 0 Å². The highest BCUT2D eigenvalue weighted by molar-refractivity contribution is 5.97. The first-order valence-corrected chi connectivity index (χ1v) is 9.40. The van der Waals surface area contributed by atoms with Gasteiger partial charge in [-0.1, -0.05) is 41.6 Å². The molecule has 6 nitrogen and oxygen atoms in total. The van der Waals surface area contributed by atoms with Crippen molar-refractivity contribution < 1.29 is 14.3 Å². The number of para-hydroxylation sites is 1. The minimum Gasteiger partial charge on any atom is -0.489 e. The van der Waals surface area contributed by atoms with Crippen LogP contribution >= 0.6 is 0 Å². The Kier molecular flexibility index (Phi) is 7.05. The van der Waals surface area contributed by atoms with Gasteiger partial charge in [0, 0.05) is 23.5 Å². The standard InChI is InChI=1S/C23H25N3O3/c1-17-6-3-7-18(2)22(17)27-12-13-29-26-23(24)20-9-4-10-21(14-20)28-16-19-8-5-11-25-15-19/h3-11,14-15H,12-13,16H2,1-2H3,(H2,24,26). The molecule has 0 aliphatic heterocycles. The number of pyridine rings is 1. The molecule has 1 heterocycles. The zero-order valence-corrected chi connectivity index (χ0v) is 16.7. The summed E-state index contributed by atoms with van der Waals surface area (Å²) >= 11 is 0. The molecule has 0 fully saturated rings. The summed E-state index contributed by atoms with van der Waals surface area (Å²) in [5.74, 6) is 1.86. The number of aryl methyl sites for hydroxylation is 2. The van der Waals surface area contributed by atoms with Crippen LogP contribution in [0.2, 0.25) is 0 Å². The van der Waals surface area contributed by atoms with E-state index in [1.165, 1.54) is 0 Å². The Morgan fingerprint density at radius 3 is 2.52 bits per heavy atom. The summed E-state index contributed by atoms with van der Waals surface area (Å²) in [6, 6.07) is 17.3. The van der Waals surface area contributed by atoms with Gasteiger partial charge in [-0.05, 0) is 43.2 Å². The van der Waals surface area contributed by atoms with E-state index in [4.69, 9.17) is 20.0 Å². The van der Waals surface area contributed by atoms with Crippen molar-refractivity contribution in [3.05, 3.63) is 89.2 Å². The molecule has 3 rings (SSSR count). The largest absolute Gasteiger partial charge is 0.489 e. The highest BCUT2D eigenvalue weighted by atomic mass is 16.6. The predicted octanol–water partition coefficient (Wildman–Crippen LogP) is 3.99. The maximum absolute atomic E-state index is 6.03. The van der Waals surface area contributed by atoms with E-state index in [1.54, 1.807) is 12.4 Å². The number of amidine groups is 1. The Labute approximate surface area is 170 Å². The van der Waals surface area contributed by atoms with Crippen molar-refractivity contribution in [2.45, 2.75) is 20.5 Å². The first-order valence-electron chi connectivity index (χ1n) is 9.40. The van der Waals surface area contributed by atoms with E-state index in [0.29, 0.717) is 25.6 Å². The van der Waals surface area contributed by atoms with Crippen LogP contribution in [0.15, 0.2) is 72.1 Å². The highest BCUT2D eigenvalue weighted by Crippen LogP contribution is 2.22. The van der Waals surface area contributed by atoms with Crippen LogP contribution in [0.1, 0.15) is 22.3 Å². The molecule has 0 saturated carbocycles. The Hall–Kier alpha value is -3.54. The normalized spacial score (nSPS) is 11.2. The summed E-state index contributed by atoms with van der Waals surface area (Å²) in [6.45, 7) is 5.15. The van der Waals surface area contributed by atoms with Crippen molar-refractivity contribution in [3.8, 4) is 11.5 Å². The van der Waals surface area contributed by atoms with E-state index in [0.717, 1.165) is 28.0 Å². The minimum atomic E-state index is 0.281. The molecule has 0 bridgehead atoms. The lowest BCUT2D eigenvalue weighted by atomic mass is 10.1. The molecule has 29 heavy (non-hydrogen) atoms. The lowest BCUT2D eigenvalue weighted by Gasteiger charge is -2.11. The number of aromatic nitrogens is 1. The molecule has 0 radical (unpaired) electrons. The SMILES string of the molecule is Cc1cccc(C)c1OCCO/N=C(/N)c1cccc(OCc2cccnc2)c1. The third-order valence-corrected chi connectivity index (χ3v) is 4.25. The van der Waals surface area contributed by atoms with Crippen LogP contribution in [0, 0.1) is 13.8 Å². The van der Waals surface area contributed by atoms with Crippen LogP contribution in [0.3, 0.4) is 0 Å². The number of oxime groups is 1. The number of nitrogens with zero attached hydrogens (tertiary/aromatic N) is 2. The zero-order chi connectivity index (χ0) is 20.5. The zero-order valence-electron chi connectivity index (χ0n) is 16.7. The number of hydrogen-bond acceptors (Lipinski definition) is 5. The molecule has 0 spiro atoms. The number of benzene rings is 2. The van der Waals surface area contributed by atoms with Gasteiger partial charge in [0.25, 0.3) is 0 Å². The average Bonchev–Trinajstić information content (AvgIpc) is 2.74. The van der Waals surface area contributed by atoms with E-state index in [9.17, 15) is 0 Å². The fourth-order valence-electron chi connectivity index (χ4n) is 2.77. The Balaban J connectivity index is 1.49. The lowest BCUT2D eigenvalue weighted by Crippen LogP contribution is -2.15. The van der Waals surface area contributed by atoms with E-state index >= 15 is 0 Å². The van der Waals surface area contributed by atoms with Crippen LogP contribution < -0.4 is 15.2 Å². The lowest BCUT2D eigenvalue weighted by molar-refractivity contribution is 0.106. The van der Waals surface area contributed by atoms with Gasteiger partial charge >= 0.3 is 0 Å². The first-order chi connectivity index (χ1) is 14.1. The molecule has 0 saturated heterocycles. The van der Waals surface area contributed by atoms with Crippen molar-refractivity contribution in [2.75, 3.05) is 13.2 Å².